The third kappa shape index (κ3) is 6.27. The maximum absolute atomic E-state index is 12.8. The molecule has 0 unspecified atom stereocenters. The molecule has 0 radical (unpaired) electrons. The van der Waals surface area contributed by atoms with Crippen molar-refractivity contribution in [2.24, 2.45) is 0 Å². The standard InChI is InChI=1S/C27H31N3O4S/c1-17-13-20(4)26(21(5)14-17)28-25(31)16-30(6)27(32)22-8-10-23(11-9-22)29-35(33,34)24-12-7-18(2)19(3)15-24/h7-15,29H,16H2,1-6H3,(H,28,31). The van der Waals surface area contributed by atoms with Gasteiger partial charge in [0.25, 0.3) is 15.9 Å². The number of carbonyl (C=O) groups is 2. The van der Waals surface area contributed by atoms with Crippen LogP contribution in [-0.4, -0.2) is 38.7 Å². The Kier molecular flexibility index (Phi) is 7.65. The van der Waals surface area contributed by atoms with Crippen LogP contribution in [0.3, 0.4) is 0 Å². The molecule has 0 aliphatic carbocycles. The van der Waals surface area contributed by atoms with Gasteiger partial charge in [0.15, 0.2) is 0 Å². The number of hydrogen-bond donors (Lipinski definition) is 2. The predicted octanol–water partition coefficient (Wildman–Crippen LogP) is 4.74. The molecule has 0 heterocycles. The van der Waals surface area contributed by atoms with Gasteiger partial charge in [-0.1, -0.05) is 23.8 Å². The zero-order valence-corrected chi connectivity index (χ0v) is 21.7. The van der Waals surface area contributed by atoms with E-state index in [-0.39, 0.29) is 23.3 Å². The Bertz CT molecular complexity index is 1360. The van der Waals surface area contributed by atoms with E-state index < -0.39 is 10.0 Å². The van der Waals surface area contributed by atoms with E-state index in [0.29, 0.717) is 11.3 Å². The molecule has 0 spiro atoms. The number of likely N-dealkylation sites (N-methyl/N-ethyl adjacent to an activating group) is 1. The summed E-state index contributed by atoms with van der Waals surface area (Å²) in [6, 6.07) is 15.0. The Morgan fingerprint density at radius 3 is 1.97 bits per heavy atom. The van der Waals surface area contributed by atoms with Crippen LogP contribution in [0.5, 0.6) is 0 Å². The van der Waals surface area contributed by atoms with Gasteiger partial charge >= 0.3 is 0 Å². The zero-order chi connectivity index (χ0) is 25.9. The van der Waals surface area contributed by atoms with Gasteiger partial charge in [0.05, 0.1) is 11.4 Å². The quantitative estimate of drug-likeness (QED) is 0.497. The smallest absolute Gasteiger partial charge is 0.261 e. The second-order valence-corrected chi connectivity index (χ2v) is 10.6. The lowest BCUT2D eigenvalue weighted by Crippen LogP contribution is -2.35. The molecule has 2 N–H and O–H groups in total. The minimum Gasteiger partial charge on any atom is -0.332 e. The van der Waals surface area contributed by atoms with Crippen LogP contribution in [0.2, 0.25) is 0 Å². The SMILES string of the molecule is Cc1cc(C)c(NC(=O)CN(C)C(=O)c2ccc(NS(=O)(=O)c3ccc(C)c(C)c3)cc2)c(C)c1. The van der Waals surface area contributed by atoms with Crippen molar-refractivity contribution in [2.75, 3.05) is 23.6 Å². The summed E-state index contributed by atoms with van der Waals surface area (Å²) in [6.45, 7) is 9.51. The van der Waals surface area contributed by atoms with Crippen molar-refractivity contribution in [3.8, 4) is 0 Å². The van der Waals surface area contributed by atoms with Gasteiger partial charge in [-0.25, -0.2) is 8.42 Å². The Morgan fingerprint density at radius 2 is 1.40 bits per heavy atom. The Morgan fingerprint density at radius 1 is 0.800 bits per heavy atom. The molecule has 0 saturated heterocycles. The van der Waals surface area contributed by atoms with Gasteiger partial charge in [0.1, 0.15) is 0 Å². The summed E-state index contributed by atoms with van der Waals surface area (Å²) in [5, 5.41) is 2.89. The average Bonchev–Trinajstić information content (AvgIpc) is 2.77. The maximum atomic E-state index is 12.8. The number of carbonyl (C=O) groups excluding carboxylic acids is 2. The number of nitrogens with zero attached hydrogens (tertiary/aromatic N) is 1. The number of nitrogens with one attached hydrogen (secondary N) is 2. The zero-order valence-electron chi connectivity index (χ0n) is 20.9. The fourth-order valence-corrected chi connectivity index (χ4v) is 4.98. The summed E-state index contributed by atoms with van der Waals surface area (Å²) in [5.41, 5.74) is 6.36. The van der Waals surface area contributed by atoms with Gasteiger partial charge < -0.3 is 10.2 Å². The van der Waals surface area contributed by atoms with Crippen LogP contribution in [0.1, 0.15) is 38.2 Å². The van der Waals surface area contributed by atoms with E-state index in [4.69, 9.17) is 0 Å². The molecule has 3 rings (SSSR count). The van der Waals surface area contributed by atoms with Crippen LogP contribution < -0.4 is 10.0 Å². The van der Waals surface area contributed by atoms with Crippen molar-refractivity contribution in [2.45, 2.75) is 39.5 Å². The molecular weight excluding hydrogens is 462 g/mol. The van der Waals surface area contributed by atoms with Crippen molar-refractivity contribution >= 4 is 33.2 Å². The molecular formula is C27H31N3O4S. The summed E-state index contributed by atoms with van der Waals surface area (Å²) in [5.74, 6) is -0.644. The lowest BCUT2D eigenvalue weighted by molar-refractivity contribution is -0.116. The Balaban J connectivity index is 1.65. The molecule has 0 atom stereocenters. The highest BCUT2D eigenvalue weighted by atomic mass is 32.2. The first-order chi connectivity index (χ1) is 16.4. The van der Waals surface area contributed by atoms with Gasteiger partial charge in [-0.05, 0) is 93.3 Å². The van der Waals surface area contributed by atoms with Crippen molar-refractivity contribution in [1.29, 1.82) is 0 Å². The Labute approximate surface area is 207 Å². The van der Waals surface area contributed by atoms with E-state index in [9.17, 15) is 18.0 Å². The van der Waals surface area contributed by atoms with Crippen molar-refractivity contribution in [1.82, 2.24) is 4.90 Å². The van der Waals surface area contributed by atoms with E-state index in [1.165, 1.54) is 29.2 Å². The van der Waals surface area contributed by atoms with E-state index in [1.54, 1.807) is 25.2 Å². The van der Waals surface area contributed by atoms with Gasteiger partial charge in [-0.2, -0.15) is 0 Å². The van der Waals surface area contributed by atoms with E-state index in [2.05, 4.69) is 10.0 Å². The van der Waals surface area contributed by atoms with Crippen LogP contribution in [0.4, 0.5) is 11.4 Å². The molecule has 0 aromatic heterocycles. The molecule has 3 aromatic carbocycles. The van der Waals surface area contributed by atoms with Gasteiger partial charge in [-0.3, -0.25) is 14.3 Å². The van der Waals surface area contributed by atoms with Crippen LogP contribution in [0.15, 0.2) is 59.5 Å². The molecule has 0 saturated carbocycles. The molecule has 0 fully saturated rings. The lowest BCUT2D eigenvalue weighted by Gasteiger charge is -2.19. The van der Waals surface area contributed by atoms with Crippen LogP contribution in [0, 0.1) is 34.6 Å². The van der Waals surface area contributed by atoms with Crippen LogP contribution >= 0.6 is 0 Å². The van der Waals surface area contributed by atoms with Gasteiger partial charge in [0, 0.05) is 24.0 Å². The van der Waals surface area contributed by atoms with Crippen molar-refractivity contribution < 1.29 is 18.0 Å². The highest BCUT2D eigenvalue weighted by molar-refractivity contribution is 7.92. The first-order valence-corrected chi connectivity index (χ1v) is 12.7. The number of aryl methyl sites for hydroxylation is 5. The first-order valence-electron chi connectivity index (χ1n) is 11.2. The highest BCUT2D eigenvalue weighted by Crippen LogP contribution is 2.22. The third-order valence-corrected chi connectivity index (χ3v) is 7.22. The number of sulfonamides is 1. The highest BCUT2D eigenvalue weighted by Gasteiger charge is 2.18. The maximum Gasteiger partial charge on any atom is 0.261 e. The largest absolute Gasteiger partial charge is 0.332 e. The summed E-state index contributed by atoms with van der Waals surface area (Å²) in [6.07, 6.45) is 0. The van der Waals surface area contributed by atoms with Crippen LogP contribution in [0.25, 0.3) is 0 Å². The molecule has 0 bridgehead atoms. The number of rotatable bonds is 7. The average molecular weight is 494 g/mol. The Hall–Kier alpha value is -3.65. The molecule has 184 valence electrons. The number of amides is 2. The second kappa shape index (κ2) is 10.3. The summed E-state index contributed by atoms with van der Waals surface area (Å²) in [4.78, 5) is 26.9. The molecule has 3 aromatic rings. The second-order valence-electron chi connectivity index (χ2n) is 8.91. The van der Waals surface area contributed by atoms with E-state index >= 15 is 0 Å². The molecule has 2 amide bonds. The third-order valence-electron chi connectivity index (χ3n) is 5.84. The molecule has 0 aliphatic heterocycles. The van der Waals surface area contributed by atoms with E-state index in [0.717, 1.165) is 33.5 Å². The summed E-state index contributed by atoms with van der Waals surface area (Å²) >= 11 is 0. The normalized spacial score (nSPS) is 11.1. The molecule has 8 heteroatoms. The molecule has 7 nitrogen and oxygen atoms in total. The number of benzene rings is 3. The lowest BCUT2D eigenvalue weighted by atomic mass is 10.1. The monoisotopic (exact) mass is 493 g/mol. The summed E-state index contributed by atoms with van der Waals surface area (Å²) < 4.78 is 27.9. The fourth-order valence-electron chi connectivity index (χ4n) is 3.84. The van der Waals surface area contributed by atoms with Crippen molar-refractivity contribution in [3.63, 3.8) is 0 Å². The molecule has 35 heavy (non-hydrogen) atoms. The predicted molar refractivity (Wildman–Crippen MR) is 139 cm³/mol. The van der Waals surface area contributed by atoms with E-state index in [1.807, 2.05) is 46.8 Å². The van der Waals surface area contributed by atoms with Crippen molar-refractivity contribution in [3.05, 3.63) is 88.0 Å². The first kappa shape index (κ1) is 26.0. The van der Waals surface area contributed by atoms with Crippen LogP contribution in [-0.2, 0) is 14.8 Å². The van der Waals surface area contributed by atoms with Gasteiger partial charge in [-0.15, -0.1) is 0 Å². The molecule has 0 aliphatic rings. The topological polar surface area (TPSA) is 95.6 Å². The van der Waals surface area contributed by atoms with Gasteiger partial charge in [0.2, 0.25) is 5.91 Å². The minimum absolute atomic E-state index is 0.118. The number of hydrogen-bond acceptors (Lipinski definition) is 4. The summed E-state index contributed by atoms with van der Waals surface area (Å²) in [7, 11) is -2.21. The minimum atomic E-state index is -3.76. The fraction of sp³-hybridized carbons (Fsp3) is 0.259. The number of anilines is 2.